The van der Waals surface area contributed by atoms with E-state index < -0.39 is 0 Å². The van der Waals surface area contributed by atoms with Crippen molar-refractivity contribution in [3.8, 4) is 0 Å². The van der Waals surface area contributed by atoms with Crippen molar-refractivity contribution in [1.82, 2.24) is 4.90 Å². The van der Waals surface area contributed by atoms with Crippen molar-refractivity contribution in [3.63, 3.8) is 0 Å². The maximum atomic E-state index is 11.9. The number of aryl methyl sites for hydroxylation is 2. The number of carbonyl (C=O) groups excluding carboxylic acids is 1. The number of carbonyl (C=O) groups is 1. The average Bonchev–Trinajstić information content (AvgIpc) is 2.54. The highest BCUT2D eigenvalue weighted by molar-refractivity contribution is 5.89. The van der Waals surface area contributed by atoms with Crippen molar-refractivity contribution < 1.29 is 14.3 Å². The highest BCUT2D eigenvalue weighted by Crippen LogP contribution is 2.11. The third-order valence-electron chi connectivity index (χ3n) is 4.20. The van der Waals surface area contributed by atoms with Crippen LogP contribution in [0.4, 0.5) is 0 Å². The fourth-order valence-electron chi connectivity index (χ4n) is 2.56. The molecule has 1 aliphatic heterocycles. The highest BCUT2D eigenvalue weighted by atomic mass is 16.5. The van der Waals surface area contributed by atoms with Gasteiger partial charge in [0.25, 0.3) is 0 Å². The molecular formula is C18H27NO3. The number of rotatable bonds is 7. The van der Waals surface area contributed by atoms with Crippen LogP contribution in [0.3, 0.4) is 0 Å². The largest absolute Gasteiger partial charge is 0.462 e. The first-order valence-corrected chi connectivity index (χ1v) is 8.21. The van der Waals surface area contributed by atoms with Crippen molar-refractivity contribution in [1.29, 1.82) is 0 Å². The van der Waals surface area contributed by atoms with Crippen LogP contribution in [0, 0.1) is 13.8 Å². The summed E-state index contributed by atoms with van der Waals surface area (Å²) in [6.45, 7) is 9.48. The number of ether oxygens (including phenoxy) is 2. The quantitative estimate of drug-likeness (QED) is 0.573. The van der Waals surface area contributed by atoms with Crippen LogP contribution in [0.2, 0.25) is 0 Å². The predicted octanol–water partition coefficient (Wildman–Crippen LogP) is 2.96. The van der Waals surface area contributed by atoms with Gasteiger partial charge < -0.3 is 9.47 Å². The van der Waals surface area contributed by atoms with E-state index in [1.807, 2.05) is 32.0 Å². The Morgan fingerprint density at radius 2 is 1.91 bits per heavy atom. The van der Waals surface area contributed by atoms with Gasteiger partial charge in [0, 0.05) is 13.1 Å². The maximum Gasteiger partial charge on any atom is 0.338 e. The zero-order valence-electron chi connectivity index (χ0n) is 13.8. The molecule has 0 aliphatic carbocycles. The molecule has 0 N–H and O–H groups in total. The van der Waals surface area contributed by atoms with Gasteiger partial charge in [-0.3, -0.25) is 4.90 Å². The molecule has 122 valence electrons. The van der Waals surface area contributed by atoms with Gasteiger partial charge in [0.1, 0.15) is 0 Å². The number of nitrogens with zero attached hydrogens (tertiary/aromatic N) is 1. The zero-order valence-corrected chi connectivity index (χ0v) is 13.8. The summed E-state index contributed by atoms with van der Waals surface area (Å²) >= 11 is 0. The molecule has 1 heterocycles. The molecule has 1 aromatic rings. The molecule has 0 unspecified atom stereocenters. The fourth-order valence-corrected chi connectivity index (χ4v) is 2.56. The van der Waals surface area contributed by atoms with Gasteiger partial charge in [-0.1, -0.05) is 6.07 Å². The molecule has 0 saturated carbocycles. The van der Waals surface area contributed by atoms with Crippen LogP contribution in [0.15, 0.2) is 18.2 Å². The van der Waals surface area contributed by atoms with E-state index in [0.29, 0.717) is 12.2 Å². The number of hydrogen-bond donors (Lipinski definition) is 0. The zero-order chi connectivity index (χ0) is 15.8. The number of benzene rings is 1. The second-order valence-corrected chi connectivity index (χ2v) is 5.95. The van der Waals surface area contributed by atoms with Crippen LogP contribution in [0.25, 0.3) is 0 Å². The molecule has 0 atom stereocenters. The van der Waals surface area contributed by atoms with Gasteiger partial charge in [-0.2, -0.15) is 0 Å². The summed E-state index contributed by atoms with van der Waals surface area (Å²) in [5.41, 5.74) is 2.97. The highest BCUT2D eigenvalue weighted by Gasteiger charge is 2.10. The van der Waals surface area contributed by atoms with E-state index in [9.17, 15) is 4.79 Å². The van der Waals surface area contributed by atoms with E-state index in [-0.39, 0.29) is 5.97 Å². The van der Waals surface area contributed by atoms with Crippen molar-refractivity contribution in [2.45, 2.75) is 33.1 Å². The van der Waals surface area contributed by atoms with Crippen molar-refractivity contribution in [2.75, 3.05) is 39.5 Å². The second-order valence-electron chi connectivity index (χ2n) is 5.95. The molecule has 1 aliphatic rings. The van der Waals surface area contributed by atoms with E-state index in [4.69, 9.17) is 9.47 Å². The summed E-state index contributed by atoms with van der Waals surface area (Å²) in [7, 11) is 0. The molecule has 22 heavy (non-hydrogen) atoms. The maximum absolute atomic E-state index is 11.9. The summed E-state index contributed by atoms with van der Waals surface area (Å²) in [4.78, 5) is 14.4. The predicted molar refractivity (Wildman–Crippen MR) is 87.3 cm³/mol. The lowest BCUT2D eigenvalue weighted by Gasteiger charge is -2.26. The van der Waals surface area contributed by atoms with E-state index in [1.54, 1.807) is 0 Å². The molecular weight excluding hydrogens is 278 g/mol. The fraction of sp³-hybridized carbons (Fsp3) is 0.611. The summed E-state index contributed by atoms with van der Waals surface area (Å²) in [5.74, 6) is -0.212. The van der Waals surface area contributed by atoms with E-state index in [0.717, 1.165) is 57.7 Å². The lowest BCUT2D eigenvalue weighted by Crippen LogP contribution is -2.36. The SMILES string of the molecule is Cc1ccc(C(=O)OCCCCCN2CCOCC2)cc1C. The Hall–Kier alpha value is -1.39. The molecule has 4 heteroatoms. The second kappa shape index (κ2) is 8.91. The first-order chi connectivity index (χ1) is 10.7. The number of esters is 1. The minimum absolute atomic E-state index is 0.212. The van der Waals surface area contributed by atoms with Crippen LogP contribution in [-0.2, 0) is 9.47 Å². The first-order valence-electron chi connectivity index (χ1n) is 8.21. The molecule has 0 radical (unpaired) electrons. The minimum atomic E-state index is -0.212. The van der Waals surface area contributed by atoms with Crippen molar-refractivity contribution in [2.24, 2.45) is 0 Å². The average molecular weight is 305 g/mol. The normalized spacial score (nSPS) is 15.7. The van der Waals surface area contributed by atoms with Crippen LogP contribution in [0.1, 0.15) is 40.7 Å². The summed E-state index contributed by atoms with van der Waals surface area (Å²) in [5, 5.41) is 0. The Labute approximate surface area is 133 Å². The topological polar surface area (TPSA) is 38.8 Å². The van der Waals surface area contributed by atoms with E-state index in [2.05, 4.69) is 4.90 Å². The van der Waals surface area contributed by atoms with E-state index >= 15 is 0 Å². The Morgan fingerprint density at radius 1 is 1.14 bits per heavy atom. The minimum Gasteiger partial charge on any atom is -0.462 e. The Bertz CT molecular complexity index is 481. The van der Waals surface area contributed by atoms with Crippen molar-refractivity contribution in [3.05, 3.63) is 34.9 Å². The van der Waals surface area contributed by atoms with Crippen LogP contribution in [-0.4, -0.2) is 50.3 Å². The van der Waals surface area contributed by atoms with Gasteiger partial charge >= 0.3 is 5.97 Å². The van der Waals surface area contributed by atoms with Gasteiger partial charge in [0.15, 0.2) is 0 Å². The third kappa shape index (κ3) is 5.43. The van der Waals surface area contributed by atoms with Crippen LogP contribution in [0.5, 0.6) is 0 Å². The van der Waals surface area contributed by atoms with Crippen LogP contribution >= 0.6 is 0 Å². The molecule has 0 bridgehead atoms. The van der Waals surface area contributed by atoms with E-state index in [1.165, 1.54) is 5.56 Å². The number of unbranched alkanes of at least 4 members (excludes halogenated alkanes) is 2. The molecule has 1 fully saturated rings. The lowest BCUT2D eigenvalue weighted by molar-refractivity contribution is 0.0363. The molecule has 0 aromatic heterocycles. The molecule has 2 rings (SSSR count). The first kappa shape index (κ1) is 17.0. The summed E-state index contributed by atoms with van der Waals surface area (Å²) in [6.07, 6.45) is 3.18. The standard InChI is InChI=1S/C18H27NO3/c1-15-6-7-17(14-16(15)2)18(20)22-11-5-3-4-8-19-9-12-21-13-10-19/h6-7,14H,3-5,8-13H2,1-2H3. The third-order valence-corrected chi connectivity index (χ3v) is 4.20. The number of morpholine rings is 1. The number of hydrogen-bond acceptors (Lipinski definition) is 4. The Balaban J connectivity index is 1.57. The molecule has 0 amide bonds. The van der Waals surface area contributed by atoms with Gasteiger partial charge in [-0.25, -0.2) is 4.79 Å². The molecule has 4 nitrogen and oxygen atoms in total. The monoisotopic (exact) mass is 305 g/mol. The molecule has 1 aromatic carbocycles. The van der Waals surface area contributed by atoms with Gasteiger partial charge in [0.2, 0.25) is 0 Å². The van der Waals surface area contributed by atoms with Gasteiger partial charge in [0.05, 0.1) is 25.4 Å². The molecule has 0 spiro atoms. The lowest BCUT2D eigenvalue weighted by atomic mass is 10.1. The van der Waals surface area contributed by atoms with Crippen molar-refractivity contribution >= 4 is 5.97 Å². The van der Waals surface area contributed by atoms with Gasteiger partial charge in [-0.05, 0) is 62.9 Å². The Kier molecular flexibility index (Phi) is 6.87. The van der Waals surface area contributed by atoms with Gasteiger partial charge in [-0.15, -0.1) is 0 Å². The van der Waals surface area contributed by atoms with Crippen LogP contribution < -0.4 is 0 Å². The molecule has 1 saturated heterocycles. The summed E-state index contributed by atoms with van der Waals surface area (Å²) in [6, 6.07) is 5.70. The Morgan fingerprint density at radius 3 is 2.64 bits per heavy atom. The summed E-state index contributed by atoms with van der Waals surface area (Å²) < 4.78 is 10.7. The smallest absolute Gasteiger partial charge is 0.338 e.